The molecule has 160 valence electrons. The predicted molar refractivity (Wildman–Crippen MR) is 116 cm³/mol. The van der Waals surface area contributed by atoms with E-state index in [2.05, 4.69) is 5.10 Å². The summed E-state index contributed by atoms with van der Waals surface area (Å²) in [7, 11) is 0. The largest absolute Gasteiger partial charge is 0.452 e. The molecular formula is C24H25N3O4. The third-order valence-corrected chi connectivity index (χ3v) is 5.20. The quantitative estimate of drug-likeness (QED) is 0.594. The molecule has 1 atom stereocenters. The van der Waals surface area contributed by atoms with Crippen molar-refractivity contribution in [2.24, 2.45) is 0 Å². The minimum absolute atomic E-state index is 0.0224. The maximum atomic E-state index is 12.9. The van der Waals surface area contributed by atoms with Crippen LogP contribution in [-0.4, -0.2) is 59.0 Å². The van der Waals surface area contributed by atoms with Crippen LogP contribution in [0.5, 0.6) is 0 Å². The monoisotopic (exact) mass is 419 g/mol. The van der Waals surface area contributed by atoms with E-state index in [9.17, 15) is 9.59 Å². The van der Waals surface area contributed by atoms with Gasteiger partial charge in [-0.15, -0.1) is 0 Å². The van der Waals surface area contributed by atoms with Crippen molar-refractivity contribution in [1.82, 2.24) is 14.7 Å². The smallest absolute Gasteiger partial charge is 0.342 e. The zero-order valence-corrected chi connectivity index (χ0v) is 17.7. The first kappa shape index (κ1) is 20.8. The van der Waals surface area contributed by atoms with Gasteiger partial charge < -0.3 is 14.4 Å². The van der Waals surface area contributed by atoms with Crippen molar-refractivity contribution in [3.05, 3.63) is 71.9 Å². The third kappa shape index (κ3) is 4.83. The zero-order chi connectivity index (χ0) is 21.8. The lowest BCUT2D eigenvalue weighted by Gasteiger charge is -2.30. The molecule has 1 unspecified atom stereocenters. The number of nitrogens with zero attached hydrogens (tertiary/aromatic N) is 3. The number of hydrogen-bond donors (Lipinski definition) is 0. The van der Waals surface area contributed by atoms with Crippen LogP contribution in [0.25, 0.3) is 16.9 Å². The molecule has 31 heavy (non-hydrogen) atoms. The Morgan fingerprint density at radius 2 is 1.87 bits per heavy atom. The fourth-order valence-corrected chi connectivity index (χ4v) is 3.50. The van der Waals surface area contributed by atoms with Gasteiger partial charge in [0, 0.05) is 24.8 Å². The molecule has 0 N–H and O–H groups in total. The van der Waals surface area contributed by atoms with Crippen LogP contribution in [0.1, 0.15) is 22.8 Å². The maximum Gasteiger partial charge on any atom is 0.342 e. The zero-order valence-electron chi connectivity index (χ0n) is 17.7. The molecule has 4 rings (SSSR count). The molecule has 7 heteroatoms. The van der Waals surface area contributed by atoms with Gasteiger partial charge in [0.2, 0.25) is 0 Å². The molecule has 1 aromatic heterocycles. The van der Waals surface area contributed by atoms with Crippen molar-refractivity contribution < 1.29 is 19.1 Å². The number of esters is 1. The highest BCUT2D eigenvalue weighted by atomic mass is 16.5. The Morgan fingerprint density at radius 1 is 1.13 bits per heavy atom. The summed E-state index contributed by atoms with van der Waals surface area (Å²) in [6.07, 6.45) is 1.63. The number of benzene rings is 2. The van der Waals surface area contributed by atoms with Crippen LogP contribution < -0.4 is 0 Å². The third-order valence-electron chi connectivity index (χ3n) is 5.20. The number of amides is 1. The Balaban J connectivity index is 1.56. The molecule has 1 aliphatic heterocycles. The van der Waals surface area contributed by atoms with Gasteiger partial charge in [-0.2, -0.15) is 5.10 Å². The second-order valence-electron chi connectivity index (χ2n) is 7.63. The van der Waals surface area contributed by atoms with Crippen molar-refractivity contribution >= 4 is 11.9 Å². The molecule has 0 radical (unpaired) electrons. The molecule has 2 aromatic carbocycles. The van der Waals surface area contributed by atoms with Crippen LogP contribution in [0.3, 0.4) is 0 Å². The van der Waals surface area contributed by atoms with Gasteiger partial charge in [-0.3, -0.25) is 4.79 Å². The van der Waals surface area contributed by atoms with Crippen LogP contribution in [0, 0.1) is 6.92 Å². The van der Waals surface area contributed by atoms with Gasteiger partial charge in [0.15, 0.2) is 6.61 Å². The van der Waals surface area contributed by atoms with Crippen molar-refractivity contribution in [3.8, 4) is 16.9 Å². The van der Waals surface area contributed by atoms with E-state index in [1.165, 1.54) is 0 Å². The Bertz CT molecular complexity index is 1060. The summed E-state index contributed by atoms with van der Waals surface area (Å²) in [5.41, 5.74) is 3.59. The van der Waals surface area contributed by atoms with Gasteiger partial charge in [-0.1, -0.05) is 48.0 Å². The Labute approximate surface area is 181 Å². The van der Waals surface area contributed by atoms with E-state index in [-0.39, 0.29) is 18.6 Å². The lowest BCUT2D eigenvalue weighted by atomic mass is 10.1. The minimum Gasteiger partial charge on any atom is -0.452 e. The van der Waals surface area contributed by atoms with E-state index in [1.807, 2.05) is 68.4 Å². The molecule has 1 amide bonds. The molecule has 0 saturated carbocycles. The van der Waals surface area contributed by atoms with Crippen LogP contribution in [0.15, 0.2) is 60.8 Å². The number of aryl methyl sites for hydroxylation is 1. The van der Waals surface area contributed by atoms with Gasteiger partial charge in [-0.05, 0) is 26.0 Å². The summed E-state index contributed by atoms with van der Waals surface area (Å²) in [5, 5.41) is 4.63. The fraction of sp³-hybridized carbons (Fsp3) is 0.292. The maximum absolute atomic E-state index is 12.9. The van der Waals surface area contributed by atoms with Crippen molar-refractivity contribution in [2.75, 3.05) is 26.3 Å². The summed E-state index contributed by atoms with van der Waals surface area (Å²) >= 11 is 0. The lowest BCUT2D eigenvalue weighted by Crippen LogP contribution is -2.46. The second kappa shape index (κ2) is 9.14. The van der Waals surface area contributed by atoms with E-state index in [0.717, 1.165) is 16.8 Å². The molecule has 1 aliphatic rings. The Morgan fingerprint density at radius 3 is 2.58 bits per heavy atom. The van der Waals surface area contributed by atoms with Crippen LogP contribution in [-0.2, 0) is 14.3 Å². The van der Waals surface area contributed by atoms with Crippen molar-refractivity contribution in [2.45, 2.75) is 20.0 Å². The summed E-state index contributed by atoms with van der Waals surface area (Å²) in [6, 6.07) is 17.3. The van der Waals surface area contributed by atoms with Gasteiger partial charge in [0.05, 0.1) is 18.4 Å². The molecular weight excluding hydrogens is 394 g/mol. The van der Waals surface area contributed by atoms with Gasteiger partial charge in [0.1, 0.15) is 11.3 Å². The number of ether oxygens (including phenoxy) is 2. The van der Waals surface area contributed by atoms with E-state index in [0.29, 0.717) is 31.0 Å². The average Bonchev–Trinajstić information content (AvgIpc) is 3.24. The molecule has 3 aromatic rings. The topological polar surface area (TPSA) is 73.7 Å². The summed E-state index contributed by atoms with van der Waals surface area (Å²) in [6.45, 7) is 5.10. The number of rotatable bonds is 5. The van der Waals surface area contributed by atoms with Crippen molar-refractivity contribution in [3.63, 3.8) is 0 Å². The van der Waals surface area contributed by atoms with E-state index < -0.39 is 5.97 Å². The molecule has 0 bridgehead atoms. The number of carbonyl (C=O) groups is 2. The van der Waals surface area contributed by atoms with Gasteiger partial charge >= 0.3 is 5.97 Å². The molecule has 7 nitrogen and oxygen atoms in total. The minimum atomic E-state index is -0.577. The van der Waals surface area contributed by atoms with Crippen molar-refractivity contribution in [1.29, 1.82) is 0 Å². The summed E-state index contributed by atoms with van der Waals surface area (Å²) < 4.78 is 12.5. The number of hydrogen-bond acceptors (Lipinski definition) is 5. The van der Waals surface area contributed by atoms with Crippen LogP contribution in [0.4, 0.5) is 0 Å². The molecule has 0 spiro atoms. The SMILES string of the molecule is Cc1ccc(-n2cc(C(=O)OCC(=O)N3CCOC(C)C3)c(-c3ccccc3)n2)cc1. The lowest BCUT2D eigenvalue weighted by molar-refractivity contribution is -0.141. The molecule has 2 heterocycles. The first-order valence-corrected chi connectivity index (χ1v) is 10.3. The molecule has 0 aliphatic carbocycles. The second-order valence-corrected chi connectivity index (χ2v) is 7.63. The standard InChI is InChI=1S/C24H25N3O4/c1-17-8-10-20(11-9-17)27-15-21(23(25-27)19-6-4-3-5-7-19)24(29)31-16-22(28)26-12-13-30-18(2)14-26/h3-11,15,18H,12-14,16H2,1-2H3. The number of carbonyl (C=O) groups excluding carboxylic acids is 2. The highest BCUT2D eigenvalue weighted by molar-refractivity contribution is 5.97. The van der Waals surface area contributed by atoms with E-state index >= 15 is 0 Å². The fourth-order valence-electron chi connectivity index (χ4n) is 3.50. The van der Waals surface area contributed by atoms with Gasteiger partial charge in [-0.25, -0.2) is 9.48 Å². The molecule has 1 saturated heterocycles. The van der Waals surface area contributed by atoms with Crippen LogP contribution in [0.2, 0.25) is 0 Å². The first-order valence-electron chi connectivity index (χ1n) is 10.3. The highest BCUT2D eigenvalue weighted by Gasteiger charge is 2.24. The highest BCUT2D eigenvalue weighted by Crippen LogP contribution is 2.24. The first-order chi connectivity index (χ1) is 15.0. The molecule has 1 fully saturated rings. The van der Waals surface area contributed by atoms with E-state index in [1.54, 1.807) is 15.8 Å². The summed E-state index contributed by atoms with van der Waals surface area (Å²) in [4.78, 5) is 27.0. The van der Waals surface area contributed by atoms with Gasteiger partial charge in [0.25, 0.3) is 5.91 Å². The Hall–Kier alpha value is -3.45. The Kier molecular flexibility index (Phi) is 6.13. The summed E-state index contributed by atoms with van der Waals surface area (Å²) in [5.74, 6) is -0.803. The average molecular weight is 419 g/mol. The number of morpholine rings is 1. The van der Waals surface area contributed by atoms with Crippen LogP contribution >= 0.6 is 0 Å². The predicted octanol–water partition coefficient (Wildman–Crippen LogP) is 3.25. The van der Waals surface area contributed by atoms with E-state index in [4.69, 9.17) is 9.47 Å². The normalized spacial score (nSPS) is 16.2. The number of aromatic nitrogens is 2.